The molecule has 1 heterocycles. The van der Waals surface area contributed by atoms with Gasteiger partial charge in [-0.1, -0.05) is 24.3 Å². The van der Waals surface area contributed by atoms with Crippen molar-refractivity contribution in [1.29, 1.82) is 0 Å². The van der Waals surface area contributed by atoms with E-state index < -0.39 is 0 Å². The Morgan fingerprint density at radius 3 is 2.65 bits per heavy atom. The minimum Gasteiger partial charge on any atom is -0.374 e. The Balaban J connectivity index is 1.60. The molecule has 3 heteroatoms. The summed E-state index contributed by atoms with van der Waals surface area (Å²) < 4.78 is 5.83. The third-order valence-corrected chi connectivity index (χ3v) is 4.65. The lowest BCUT2D eigenvalue weighted by Crippen LogP contribution is -2.40. The Kier molecular flexibility index (Phi) is 4.11. The molecule has 2 atom stereocenters. The quantitative estimate of drug-likeness (QED) is 0.838. The van der Waals surface area contributed by atoms with E-state index >= 15 is 0 Å². The van der Waals surface area contributed by atoms with E-state index in [1.165, 1.54) is 30.4 Å². The van der Waals surface area contributed by atoms with E-state index in [4.69, 9.17) is 10.5 Å². The molecule has 0 radical (unpaired) electrons. The molecule has 1 aliphatic carbocycles. The molecule has 1 aliphatic heterocycles. The highest BCUT2D eigenvalue weighted by molar-refractivity contribution is 5.29. The van der Waals surface area contributed by atoms with E-state index in [2.05, 4.69) is 36.5 Å². The number of hydrogen-bond acceptors (Lipinski definition) is 3. The van der Waals surface area contributed by atoms with Crippen molar-refractivity contribution >= 4 is 0 Å². The van der Waals surface area contributed by atoms with Gasteiger partial charge in [0.1, 0.15) is 0 Å². The number of rotatable bonds is 6. The van der Waals surface area contributed by atoms with Gasteiger partial charge < -0.3 is 15.8 Å². The summed E-state index contributed by atoms with van der Waals surface area (Å²) in [5.41, 5.74) is 8.70. The van der Waals surface area contributed by atoms with E-state index in [9.17, 15) is 0 Å². The minimum absolute atomic E-state index is 0.0125. The van der Waals surface area contributed by atoms with Crippen LogP contribution in [0.1, 0.15) is 55.7 Å². The van der Waals surface area contributed by atoms with Crippen LogP contribution in [0.3, 0.4) is 0 Å². The molecule has 2 fully saturated rings. The summed E-state index contributed by atoms with van der Waals surface area (Å²) >= 11 is 0. The topological polar surface area (TPSA) is 47.3 Å². The van der Waals surface area contributed by atoms with Gasteiger partial charge in [0.2, 0.25) is 0 Å². The molecule has 2 unspecified atom stereocenters. The van der Waals surface area contributed by atoms with Crippen molar-refractivity contribution in [2.75, 3.05) is 19.7 Å². The number of nitrogens with one attached hydrogen (secondary N) is 1. The molecule has 3 rings (SSSR count). The molecule has 0 bridgehead atoms. The summed E-state index contributed by atoms with van der Waals surface area (Å²) in [5.74, 6) is 0.819. The molecule has 0 aromatic heterocycles. The van der Waals surface area contributed by atoms with Gasteiger partial charge >= 0.3 is 0 Å². The summed E-state index contributed by atoms with van der Waals surface area (Å²) in [6.07, 6.45) is 5.01. The average molecular weight is 274 g/mol. The van der Waals surface area contributed by atoms with Crippen molar-refractivity contribution in [2.45, 2.75) is 50.2 Å². The fourth-order valence-electron chi connectivity index (χ4n) is 3.07. The molecule has 1 saturated heterocycles. The number of benzene rings is 1. The van der Waals surface area contributed by atoms with Gasteiger partial charge in [0.25, 0.3) is 0 Å². The first-order chi connectivity index (χ1) is 9.70. The largest absolute Gasteiger partial charge is 0.374 e. The molecule has 1 aromatic carbocycles. The van der Waals surface area contributed by atoms with Gasteiger partial charge in [-0.25, -0.2) is 0 Å². The van der Waals surface area contributed by atoms with Gasteiger partial charge in [0.15, 0.2) is 0 Å². The molecular formula is C17H26N2O. The Morgan fingerprint density at radius 2 is 2.10 bits per heavy atom. The second-order valence-electron chi connectivity index (χ2n) is 6.51. The molecule has 1 saturated carbocycles. The highest BCUT2D eigenvalue weighted by Crippen LogP contribution is 2.40. The van der Waals surface area contributed by atoms with E-state index in [0.717, 1.165) is 25.5 Å². The first kappa shape index (κ1) is 14.1. The van der Waals surface area contributed by atoms with E-state index in [1.807, 2.05) is 0 Å². The molecule has 0 spiro atoms. The van der Waals surface area contributed by atoms with Gasteiger partial charge in [-0.15, -0.1) is 0 Å². The highest BCUT2D eigenvalue weighted by Gasteiger charge is 2.30. The molecule has 0 amide bonds. The summed E-state index contributed by atoms with van der Waals surface area (Å²) in [6.45, 7) is 4.58. The van der Waals surface area contributed by atoms with Gasteiger partial charge in [-0.2, -0.15) is 0 Å². The Morgan fingerprint density at radius 1 is 1.35 bits per heavy atom. The standard InChI is InChI=1S/C17H26N2O/c1-17(9-2-10-20-17)12-19-16(11-18)15-7-5-14(6-8-15)13-3-4-13/h5-8,13,16,19H,2-4,9-12,18H2,1H3. The maximum atomic E-state index is 5.94. The van der Waals surface area contributed by atoms with Crippen molar-refractivity contribution in [3.8, 4) is 0 Å². The minimum atomic E-state index is -0.0125. The van der Waals surface area contributed by atoms with E-state index in [1.54, 1.807) is 0 Å². The maximum absolute atomic E-state index is 5.94. The van der Waals surface area contributed by atoms with Crippen LogP contribution in [0.5, 0.6) is 0 Å². The second kappa shape index (κ2) is 5.84. The highest BCUT2D eigenvalue weighted by atomic mass is 16.5. The normalized spacial score (nSPS) is 27.7. The van der Waals surface area contributed by atoms with E-state index in [-0.39, 0.29) is 11.6 Å². The van der Waals surface area contributed by atoms with Crippen LogP contribution < -0.4 is 11.1 Å². The average Bonchev–Trinajstić information content (AvgIpc) is 3.23. The third kappa shape index (κ3) is 3.22. The van der Waals surface area contributed by atoms with Crippen molar-refractivity contribution in [3.05, 3.63) is 35.4 Å². The summed E-state index contributed by atoms with van der Waals surface area (Å²) in [4.78, 5) is 0. The fraction of sp³-hybridized carbons (Fsp3) is 0.647. The van der Waals surface area contributed by atoms with E-state index in [0.29, 0.717) is 6.54 Å². The predicted molar refractivity (Wildman–Crippen MR) is 81.8 cm³/mol. The van der Waals surface area contributed by atoms with Gasteiger partial charge in [0, 0.05) is 25.7 Å². The molecular weight excluding hydrogens is 248 g/mol. The second-order valence-corrected chi connectivity index (χ2v) is 6.51. The Labute approximate surface area is 121 Å². The monoisotopic (exact) mass is 274 g/mol. The number of nitrogens with two attached hydrogens (primary N) is 1. The van der Waals surface area contributed by atoms with Crippen molar-refractivity contribution in [1.82, 2.24) is 5.32 Å². The fourth-order valence-corrected chi connectivity index (χ4v) is 3.07. The summed E-state index contributed by atoms with van der Waals surface area (Å²) in [6, 6.07) is 9.23. The van der Waals surface area contributed by atoms with Crippen LogP contribution in [0.15, 0.2) is 24.3 Å². The van der Waals surface area contributed by atoms with Crippen LogP contribution in [-0.4, -0.2) is 25.3 Å². The van der Waals surface area contributed by atoms with Crippen LogP contribution in [0, 0.1) is 0 Å². The molecule has 20 heavy (non-hydrogen) atoms. The zero-order chi connectivity index (χ0) is 14.0. The first-order valence-corrected chi connectivity index (χ1v) is 7.87. The number of hydrogen-bond donors (Lipinski definition) is 2. The SMILES string of the molecule is CC1(CNC(CN)c2ccc(C3CC3)cc2)CCCO1. The number of ether oxygens (including phenoxy) is 1. The van der Waals surface area contributed by atoms with Gasteiger partial charge in [0.05, 0.1) is 5.60 Å². The summed E-state index contributed by atoms with van der Waals surface area (Å²) in [7, 11) is 0. The zero-order valence-corrected chi connectivity index (χ0v) is 12.4. The van der Waals surface area contributed by atoms with Gasteiger partial charge in [-0.3, -0.25) is 0 Å². The van der Waals surface area contributed by atoms with Crippen molar-refractivity contribution in [2.24, 2.45) is 5.73 Å². The maximum Gasteiger partial charge on any atom is 0.0779 e. The molecule has 110 valence electrons. The molecule has 1 aromatic rings. The van der Waals surface area contributed by atoms with Crippen LogP contribution in [-0.2, 0) is 4.74 Å². The smallest absolute Gasteiger partial charge is 0.0779 e. The lowest BCUT2D eigenvalue weighted by molar-refractivity contribution is 0.0189. The van der Waals surface area contributed by atoms with Crippen LogP contribution in [0.4, 0.5) is 0 Å². The third-order valence-electron chi connectivity index (χ3n) is 4.65. The lowest BCUT2D eigenvalue weighted by atomic mass is 10.00. The predicted octanol–water partition coefficient (Wildman–Crippen LogP) is 2.72. The van der Waals surface area contributed by atoms with Crippen LogP contribution in [0.25, 0.3) is 0 Å². The van der Waals surface area contributed by atoms with Crippen molar-refractivity contribution in [3.63, 3.8) is 0 Å². The zero-order valence-electron chi connectivity index (χ0n) is 12.4. The van der Waals surface area contributed by atoms with Crippen LogP contribution in [0.2, 0.25) is 0 Å². The molecule has 2 aliphatic rings. The molecule has 3 nitrogen and oxygen atoms in total. The summed E-state index contributed by atoms with van der Waals surface area (Å²) in [5, 5.41) is 3.58. The van der Waals surface area contributed by atoms with Crippen molar-refractivity contribution < 1.29 is 4.74 Å². The Hall–Kier alpha value is -0.900. The Bertz CT molecular complexity index is 433. The first-order valence-electron chi connectivity index (χ1n) is 7.87. The molecule has 3 N–H and O–H groups in total. The van der Waals surface area contributed by atoms with Crippen LogP contribution >= 0.6 is 0 Å². The lowest BCUT2D eigenvalue weighted by Gasteiger charge is -2.27. The van der Waals surface area contributed by atoms with Gasteiger partial charge in [-0.05, 0) is 49.7 Å².